The predicted octanol–water partition coefficient (Wildman–Crippen LogP) is 1.45. The molecule has 0 aromatic carbocycles. The molecule has 0 aliphatic heterocycles. The van der Waals surface area contributed by atoms with Gasteiger partial charge in [0.2, 0.25) is 0 Å². The average Bonchev–Trinajstić information content (AvgIpc) is 2.98. The van der Waals surface area contributed by atoms with E-state index >= 15 is 0 Å². The van der Waals surface area contributed by atoms with Gasteiger partial charge in [0.05, 0.1) is 5.54 Å². The highest BCUT2D eigenvalue weighted by Crippen LogP contribution is 2.35. The molecule has 0 atom stereocenters. The summed E-state index contributed by atoms with van der Waals surface area (Å²) >= 11 is 0. The van der Waals surface area contributed by atoms with Gasteiger partial charge in [-0.2, -0.15) is 4.98 Å². The summed E-state index contributed by atoms with van der Waals surface area (Å²) < 4.78 is 9.84. The molecule has 1 fully saturated rings. The second-order valence-electron chi connectivity index (χ2n) is 4.17. The Bertz CT molecular complexity index is 471. The van der Waals surface area contributed by atoms with E-state index < -0.39 is 5.54 Å². The molecule has 6 nitrogen and oxygen atoms in total. The van der Waals surface area contributed by atoms with Crippen LogP contribution in [0, 0.1) is 0 Å². The minimum absolute atomic E-state index is 0.362. The molecular weight excluding hydrogens is 208 g/mol. The third-order valence-corrected chi connectivity index (χ3v) is 3.02. The Kier molecular flexibility index (Phi) is 2.03. The van der Waals surface area contributed by atoms with E-state index in [-0.39, 0.29) is 0 Å². The van der Waals surface area contributed by atoms with Crippen LogP contribution in [-0.4, -0.2) is 15.3 Å². The zero-order valence-electron chi connectivity index (χ0n) is 8.72. The van der Waals surface area contributed by atoms with Crippen LogP contribution in [0.25, 0.3) is 11.6 Å². The van der Waals surface area contributed by atoms with Crippen LogP contribution in [0.2, 0.25) is 0 Å². The summed E-state index contributed by atoms with van der Waals surface area (Å²) in [6, 6.07) is 1.68. The lowest BCUT2D eigenvalue weighted by Crippen LogP contribution is -2.34. The van der Waals surface area contributed by atoms with Crippen LogP contribution in [0.1, 0.15) is 31.5 Å². The van der Waals surface area contributed by atoms with Crippen LogP contribution in [0.5, 0.6) is 0 Å². The van der Waals surface area contributed by atoms with Gasteiger partial charge < -0.3 is 14.8 Å². The van der Waals surface area contributed by atoms with E-state index in [1.807, 2.05) is 0 Å². The summed E-state index contributed by atoms with van der Waals surface area (Å²) in [5.41, 5.74) is 6.34. The van der Waals surface area contributed by atoms with E-state index in [2.05, 4.69) is 15.3 Å². The van der Waals surface area contributed by atoms with E-state index in [0.717, 1.165) is 25.7 Å². The lowest BCUT2D eigenvalue weighted by Gasteiger charge is -2.17. The monoisotopic (exact) mass is 220 g/mol. The first-order chi connectivity index (χ1) is 7.78. The van der Waals surface area contributed by atoms with Gasteiger partial charge in [-0.15, -0.1) is 0 Å². The second-order valence-corrected chi connectivity index (χ2v) is 4.17. The van der Waals surface area contributed by atoms with Crippen molar-refractivity contribution in [2.45, 2.75) is 31.2 Å². The van der Waals surface area contributed by atoms with Crippen molar-refractivity contribution in [3.63, 3.8) is 0 Å². The maximum Gasteiger partial charge on any atom is 0.280 e. The van der Waals surface area contributed by atoms with Gasteiger partial charge in [0.25, 0.3) is 5.89 Å². The summed E-state index contributed by atoms with van der Waals surface area (Å²) in [5.74, 6) is 0.934. The molecule has 0 amide bonds. The average molecular weight is 220 g/mol. The molecule has 2 N–H and O–H groups in total. The Morgan fingerprint density at radius 1 is 1.25 bits per heavy atom. The molecule has 0 saturated heterocycles. The van der Waals surface area contributed by atoms with E-state index in [9.17, 15) is 0 Å². The minimum atomic E-state index is -0.425. The van der Waals surface area contributed by atoms with Crippen molar-refractivity contribution in [2.24, 2.45) is 5.73 Å². The number of rotatable bonds is 2. The molecule has 0 radical (unpaired) electrons. The predicted molar refractivity (Wildman–Crippen MR) is 54.1 cm³/mol. The molecule has 1 aliphatic rings. The van der Waals surface area contributed by atoms with Crippen LogP contribution < -0.4 is 5.73 Å². The molecular formula is C10H12N4O2. The zero-order chi connectivity index (χ0) is 11.0. The molecule has 84 valence electrons. The smallest absolute Gasteiger partial charge is 0.280 e. The lowest BCUT2D eigenvalue weighted by molar-refractivity contribution is 0.369. The standard InChI is InChI=1S/C10H12N4O2/c11-10(4-1-2-5-10)9-12-8(16-14-9)7-3-6-15-13-7/h3,6H,1-2,4-5,11H2. The molecule has 6 heteroatoms. The Morgan fingerprint density at radius 2 is 2.06 bits per heavy atom. The Hall–Kier alpha value is -1.69. The van der Waals surface area contributed by atoms with Crippen LogP contribution in [0.3, 0.4) is 0 Å². The summed E-state index contributed by atoms with van der Waals surface area (Å²) in [5, 5.41) is 7.67. The van der Waals surface area contributed by atoms with Crippen molar-refractivity contribution in [1.82, 2.24) is 15.3 Å². The largest absolute Gasteiger partial charge is 0.364 e. The van der Waals surface area contributed by atoms with Crippen molar-refractivity contribution in [3.05, 3.63) is 18.2 Å². The highest BCUT2D eigenvalue weighted by atomic mass is 16.5. The molecule has 1 aliphatic carbocycles. The highest BCUT2D eigenvalue weighted by molar-refractivity contribution is 5.44. The minimum Gasteiger partial charge on any atom is -0.364 e. The van der Waals surface area contributed by atoms with Gasteiger partial charge in [-0.1, -0.05) is 23.2 Å². The van der Waals surface area contributed by atoms with Crippen molar-refractivity contribution in [3.8, 4) is 11.6 Å². The molecule has 0 spiro atoms. The molecule has 16 heavy (non-hydrogen) atoms. The number of aromatic nitrogens is 3. The Labute approximate surface area is 91.8 Å². The third kappa shape index (κ3) is 1.42. The molecule has 1 saturated carbocycles. The third-order valence-electron chi connectivity index (χ3n) is 3.02. The van der Waals surface area contributed by atoms with E-state index in [1.54, 1.807) is 6.07 Å². The Morgan fingerprint density at radius 3 is 2.75 bits per heavy atom. The number of nitrogens with zero attached hydrogens (tertiary/aromatic N) is 3. The fraction of sp³-hybridized carbons (Fsp3) is 0.500. The molecule has 0 unspecified atom stereocenters. The fourth-order valence-electron chi connectivity index (χ4n) is 2.08. The van der Waals surface area contributed by atoms with Crippen LogP contribution in [0.4, 0.5) is 0 Å². The summed E-state index contributed by atoms with van der Waals surface area (Å²) in [6.07, 6.45) is 5.51. The van der Waals surface area contributed by atoms with Crippen molar-refractivity contribution < 1.29 is 9.05 Å². The van der Waals surface area contributed by atoms with Gasteiger partial charge in [0, 0.05) is 6.07 Å². The first kappa shape index (κ1) is 9.53. The molecule has 2 aromatic heterocycles. The number of hydrogen-bond donors (Lipinski definition) is 1. The second kappa shape index (κ2) is 3.41. The summed E-state index contributed by atoms with van der Waals surface area (Å²) in [6.45, 7) is 0. The number of hydrogen-bond acceptors (Lipinski definition) is 6. The van der Waals surface area contributed by atoms with Crippen LogP contribution >= 0.6 is 0 Å². The van der Waals surface area contributed by atoms with Gasteiger partial charge in [-0.05, 0) is 12.8 Å². The van der Waals surface area contributed by atoms with Gasteiger partial charge in [-0.3, -0.25) is 0 Å². The molecule has 3 rings (SSSR count). The van der Waals surface area contributed by atoms with Gasteiger partial charge in [-0.25, -0.2) is 0 Å². The van der Waals surface area contributed by atoms with Crippen molar-refractivity contribution >= 4 is 0 Å². The van der Waals surface area contributed by atoms with Crippen LogP contribution in [0.15, 0.2) is 21.4 Å². The topological polar surface area (TPSA) is 91.0 Å². The Balaban J connectivity index is 1.93. The molecule has 0 bridgehead atoms. The normalized spacial score (nSPS) is 19.1. The lowest BCUT2D eigenvalue weighted by atomic mass is 9.99. The first-order valence-corrected chi connectivity index (χ1v) is 5.32. The van der Waals surface area contributed by atoms with E-state index in [1.165, 1.54) is 6.26 Å². The van der Waals surface area contributed by atoms with Gasteiger partial charge in [0.15, 0.2) is 11.5 Å². The summed E-state index contributed by atoms with van der Waals surface area (Å²) in [7, 11) is 0. The molecule has 2 aromatic rings. The fourth-order valence-corrected chi connectivity index (χ4v) is 2.08. The maximum atomic E-state index is 6.22. The maximum absolute atomic E-state index is 6.22. The van der Waals surface area contributed by atoms with Gasteiger partial charge >= 0.3 is 0 Å². The van der Waals surface area contributed by atoms with Gasteiger partial charge in [0.1, 0.15) is 6.26 Å². The van der Waals surface area contributed by atoms with Crippen molar-refractivity contribution in [1.29, 1.82) is 0 Å². The van der Waals surface area contributed by atoms with E-state index in [4.69, 9.17) is 14.8 Å². The number of nitrogens with two attached hydrogens (primary N) is 1. The SMILES string of the molecule is NC1(c2noc(-c3ccon3)n2)CCCC1. The van der Waals surface area contributed by atoms with E-state index in [0.29, 0.717) is 17.4 Å². The quantitative estimate of drug-likeness (QED) is 0.823. The summed E-state index contributed by atoms with van der Waals surface area (Å²) in [4.78, 5) is 4.28. The highest BCUT2D eigenvalue weighted by Gasteiger charge is 2.36. The molecule has 2 heterocycles. The van der Waals surface area contributed by atoms with Crippen molar-refractivity contribution in [2.75, 3.05) is 0 Å². The van der Waals surface area contributed by atoms with Crippen LogP contribution in [-0.2, 0) is 5.54 Å². The zero-order valence-corrected chi connectivity index (χ0v) is 8.72. The first-order valence-electron chi connectivity index (χ1n) is 5.32.